The lowest BCUT2D eigenvalue weighted by atomic mass is 10.0. The smallest absolute Gasteiger partial charge is 0.0641 e. The molecule has 0 bridgehead atoms. The predicted molar refractivity (Wildman–Crippen MR) is 236 cm³/mol. The van der Waals surface area contributed by atoms with Crippen LogP contribution in [0.15, 0.2) is 194 Å². The summed E-state index contributed by atoms with van der Waals surface area (Å²) in [5.74, 6) is 0. The van der Waals surface area contributed by atoms with Gasteiger partial charge in [0.1, 0.15) is 0 Å². The maximum atomic E-state index is 2.48. The zero-order valence-electron chi connectivity index (χ0n) is 29.8. The first-order chi connectivity index (χ1) is 27.3. The number of fused-ring (bicyclic) bond motifs is 11. The van der Waals surface area contributed by atoms with Crippen LogP contribution in [0.2, 0.25) is 0 Å². The molecular weight excluding hydrogens is 685 g/mol. The molecule has 0 aliphatic carbocycles. The molecule has 0 saturated carbocycles. The van der Waals surface area contributed by atoms with Gasteiger partial charge in [-0.3, -0.25) is 0 Å². The Morgan fingerprint density at radius 3 is 1.78 bits per heavy atom. The van der Waals surface area contributed by atoms with Gasteiger partial charge in [0.2, 0.25) is 0 Å². The van der Waals surface area contributed by atoms with Gasteiger partial charge in [0, 0.05) is 53.1 Å². The lowest BCUT2D eigenvalue weighted by molar-refractivity contribution is 1.17. The summed E-state index contributed by atoms with van der Waals surface area (Å²) < 4.78 is 7.59. The molecule has 3 heterocycles. The van der Waals surface area contributed by atoms with Crippen LogP contribution in [0.5, 0.6) is 0 Å². The largest absolute Gasteiger partial charge is 0.309 e. The molecule has 0 amide bonds. The number of hydrogen-bond acceptors (Lipinski definition) is 1. The summed E-state index contributed by atoms with van der Waals surface area (Å²) in [6, 6.07) is 71.4. The van der Waals surface area contributed by atoms with E-state index in [1.54, 1.807) is 0 Å². The molecule has 55 heavy (non-hydrogen) atoms. The quantitative estimate of drug-likeness (QED) is 0.172. The Bertz CT molecular complexity index is 3470. The third-order valence-electron chi connectivity index (χ3n) is 11.5. The van der Waals surface area contributed by atoms with Crippen molar-refractivity contribution in [2.75, 3.05) is 0 Å². The highest BCUT2D eigenvalue weighted by Gasteiger charge is 2.21. The minimum atomic E-state index is 1.15. The SMILES string of the molecule is c1ccc2cc(-c3ccc(-n4c5ccccc5c5c4ccc4c6ccccc6n(-c6ccc(-c7cccc8c7sc7ccccc78)cc6)c45)cc3)ccc2c1. The highest BCUT2D eigenvalue weighted by molar-refractivity contribution is 7.26. The van der Waals surface area contributed by atoms with E-state index in [0.717, 1.165) is 11.4 Å². The number of thiophene rings is 1. The normalized spacial score (nSPS) is 12.0. The van der Waals surface area contributed by atoms with E-state index in [2.05, 4.69) is 203 Å². The van der Waals surface area contributed by atoms with E-state index in [-0.39, 0.29) is 0 Å². The number of para-hydroxylation sites is 2. The molecule has 0 aliphatic heterocycles. The van der Waals surface area contributed by atoms with E-state index in [1.807, 2.05) is 11.3 Å². The summed E-state index contributed by atoms with van der Waals surface area (Å²) in [4.78, 5) is 0. The Kier molecular flexibility index (Phi) is 6.54. The number of nitrogens with zero attached hydrogens (tertiary/aromatic N) is 2. The highest BCUT2D eigenvalue weighted by Crippen LogP contribution is 2.43. The van der Waals surface area contributed by atoms with Crippen LogP contribution in [0.25, 0.3) is 108 Å². The lowest BCUT2D eigenvalue weighted by Gasteiger charge is -2.12. The van der Waals surface area contributed by atoms with Crippen LogP contribution in [0.4, 0.5) is 0 Å². The molecule has 0 fully saturated rings. The fraction of sp³-hybridized carbons (Fsp3) is 0. The van der Waals surface area contributed by atoms with Crippen molar-refractivity contribution < 1.29 is 0 Å². The molecule has 0 spiro atoms. The molecular formula is C52H32N2S. The van der Waals surface area contributed by atoms with Gasteiger partial charge in [-0.05, 0) is 87.6 Å². The monoisotopic (exact) mass is 716 g/mol. The summed E-state index contributed by atoms with van der Waals surface area (Å²) in [6.07, 6.45) is 0. The van der Waals surface area contributed by atoms with Crippen LogP contribution in [0.1, 0.15) is 0 Å². The second-order valence-electron chi connectivity index (χ2n) is 14.5. The molecule has 12 rings (SSSR count). The maximum absolute atomic E-state index is 2.48. The van der Waals surface area contributed by atoms with Gasteiger partial charge in [-0.1, -0.05) is 140 Å². The van der Waals surface area contributed by atoms with E-state index < -0.39 is 0 Å². The van der Waals surface area contributed by atoms with Crippen molar-refractivity contribution in [3.8, 4) is 33.6 Å². The Balaban J connectivity index is 1.05. The minimum absolute atomic E-state index is 1.15. The van der Waals surface area contributed by atoms with Gasteiger partial charge in [0.05, 0.1) is 22.1 Å². The Morgan fingerprint density at radius 2 is 0.964 bits per heavy atom. The molecule has 0 aliphatic rings. The van der Waals surface area contributed by atoms with Gasteiger partial charge in [-0.15, -0.1) is 11.3 Å². The zero-order chi connectivity index (χ0) is 36.0. The number of rotatable bonds is 4. The van der Waals surface area contributed by atoms with Crippen molar-refractivity contribution in [1.82, 2.24) is 9.13 Å². The van der Waals surface area contributed by atoms with Gasteiger partial charge in [-0.25, -0.2) is 0 Å². The van der Waals surface area contributed by atoms with E-state index in [0.29, 0.717) is 0 Å². The van der Waals surface area contributed by atoms with Crippen LogP contribution in [0, 0.1) is 0 Å². The molecule has 12 aromatic rings. The van der Waals surface area contributed by atoms with Crippen molar-refractivity contribution in [2.24, 2.45) is 0 Å². The van der Waals surface area contributed by atoms with E-state index in [1.165, 1.54) is 96.8 Å². The Labute approximate surface area is 321 Å². The molecule has 9 aromatic carbocycles. The fourth-order valence-electron chi connectivity index (χ4n) is 8.99. The third-order valence-corrected chi connectivity index (χ3v) is 12.7. The first-order valence-corrected chi connectivity index (χ1v) is 19.7. The van der Waals surface area contributed by atoms with E-state index in [9.17, 15) is 0 Å². The first-order valence-electron chi connectivity index (χ1n) is 18.8. The van der Waals surface area contributed by atoms with Crippen molar-refractivity contribution >= 4 is 85.9 Å². The summed E-state index contributed by atoms with van der Waals surface area (Å²) in [5.41, 5.74) is 12.1. The molecule has 0 radical (unpaired) electrons. The molecule has 2 nitrogen and oxygen atoms in total. The Morgan fingerprint density at radius 1 is 0.345 bits per heavy atom. The second-order valence-corrected chi connectivity index (χ2v) is 15.5. The fourth-order valence-corrected chi connectivity index (χ4v) is 10.2. The Hall–Kier alpha value is -6.94. The van der Waals surface area contributed by atoms with Gasteiger partial charge < -0.3 is 9.13 Å². The van der Waals surface area contributed by atoms with Crippen molar-refractivity contribution in [3.05, 3.63) is 194 Å². The standard InChI is InChI=1S/C52H32N2S/c1-2-11-36-32-37(21-20-33(36)10-1)34-22-26-38(27-23-34)53-47-18-7-4-14-45(47)50-48(53)31-30-43-41-12-3-6-17-46(41)54(51(43)50)39-28-24-35(25-29-39)40-15-9-16-44-42-13-5-8-19-49(42)55-52(40)44/h1-32H. The topological polar surface area (TPSA) is 9.86 Å². The summed E-state index contributed by atoms with van der Waals surface area (Å²) in [6.45, 7) is 0. The third kappa shape index (κ3) is 4.54. The molecule has 0 saturated heterocycles. The minimum Gasteiger partial charge on any atom is -0.309 e. The van der Waals surface area contributed by atoms with E-state index in [4.69, 9.17) is 0 Å². The average Bonchev–Trinajstić information content (AvgIpc) is 3.91. The van der Waals surface area contributed by atoms with Gasteiger partial charge in [0.25, 0.3) is 0 Å². The maximum Gasteiger partial charge on any atom is 0.0641 e. The second kappa shape index (κ2) is 11.8. The van der Waals surface area contributed by atoms with Crippen molar-refractivity contribution in [2.45, 2.75) is 0 Å². The molecule has 3 aromatic heterocycles. The molecule has 3 heteroatoms. The molecule has 0 N–H and O–H groups in total. The predicted octanol–water partition coefficient (Wildman–Crippen LogP) is 14.7. The van der Waals surface area contributed by atoms with Crippen molar-refractivity contribution in [1.29, 1.82) is 0 Å². The van der Waals surface area contributed by atoms with Crippen LogP contribution in [0.3, 0.4) is 0 Å². The highest BCUT2D eigenvalue weighted by atomic mass is 32.1. The number of aromatic nitrogens is 2. The van der Waals surface area contributed by atoms with E-state index >= 15 is 0 Å². The van der Waals surface area contributed by atoms with Gasteiger partial charge >= 0.3 is 0 Å². The zero-order valence-corrected chi connectivity index (χ0v) is 30.6. The average molecular weight is 717 g/mol. The number of hydrogen-bond donors (Lipinski definition) is 0. The summed E-state index contributed by atoms with van der Waals surface area (Å²) in [7, 11) is 0. The summed E-state index contributed by atoms with van der Waals surface area (Å²) in [5, 5.41) is 10.2. The van der Waals surface area contributed by atoms with Crippen molar-refractivity contribution in [3.63, 3.8) is 0 Å². The van der Waals surface area contributed by atoms with Crippen LogP contribution >= 0.6 is 11.3 Å². The summed E-state index contributed by atoms with van der Waals surface area (Å²) >= 11 is 1.88. The lowest BCUT2D eigenvalue weighted by Crippen LogP contribution is -1.95. The first kappa shape index (κ1) is 30.5. The number of benzene rings is 9. The van der Waals surface area contributed by atoms with Gasteiger partial charge in [-0.2, -0.15) is 0 Å². The van der Waals surface area contributed by atoms with Crippen LogP contribution in [-0.2, 0) is 0 Å². The molecule has 0 unspecified atom stereocenters. The molecule has 0 atom stereocenters. The van der Waals surface area contributed by atoms with Crippen LogP contribution in [-0.4, -0.2) is 9.13 Å². The van der Waals surface area contributed by atoms with Crippen LogP contribution < -0.4 is 0 Å². The van der Waals surface area contributed by atoms with Gasteiger partial charge in [0.15, 0.2) is 0 Å². The molecule has 256 valence electrons.